The molecule has 1 aromatic rings. The largest absolute Gasteiger partial charge is 0.352 e. The van der Waals surface area contributed by atoms with Gasteiger partial charge in [-0.1, -0.05) is 20.8 Å². The third-order valence-corrected chi connectivity index (χ3v) is 3.76. The summed E-state index contributed by atoms with van der Waals surface area (Å²) in [6.07, 6.45) is 3.35. The average molecular weight is 343 g/mol. The van der Waals surface area contributed by atoms with E-state index in [1.54, 1.807) is 0 Å². The number of benzene rings is 1. The lowest BCUT2D eigenvalue weighted by Crippen LogP contribution is -2.24. The van der Waals surface area contributed by atoms with Gasteiger partial charge in [-0.15, -0.1) is 0 Å². The number of carbonyl (C=O) groups is 1. The summed E-state index contributed by atoms with van der Waals surface area (Å²) in [6.45, 7) is 9.26. The second-order valence-electron chi connectivity index (χ2n) is 5.08. The van der Waals surface area contributed by atoms with Gasteiger partial charge in [0.05, 0.1) is 4.90 Å². The van der Waals surface area contributed by atoms with Crippen molar-refractivity contribution < 1.29 is 13.2 Å². The van der Waals surface area contributed by atoms with Crippen LogP contribution >= 0.6 is 0 Å². The number of hydrogen-bond donors (Lipinski definition) is 3. The number of nitrogens with two attached hydrogens (primary N) is 1. The van der Waals surface area contributed by atoms with E-state index in [9.17, 15) is 13.2 Å². The lowest BCUT2D eigenvalue weighted by molar-refractivity contribution is 0.0953. The van der Waals surface area contributed by atoms with Crippen LogP contribution in [0.3, 0.4) is 0 Å². The highest BCUT2D eigenvalue weighted by Gasteiger charge is 2.09. The van der Waals surface area contributed by atoms with E-state index in [0.717, 1.165) is 6.42 Å². The molecule has 0 unspecified atom stereocenters. The molecule has 0 atom stereocenters. The summed E-state index contributed by atoms with van der Waals surface area (Å²) in [6, 6.07) is 5.50. The van der Waals surface area contributed by atoms with E-state index >= 15 is 0 Å². The van der Waals surface area contributed by atoms with Crippen molar-refractivity contribution in [2.24, 2.45) is 5.14 Å². The third-order valence-electron chi connectivity index (χ3n) is 2.83. The van der Waals surface area contributed by atoms with Crippen LogP contribution in [0.5, 0.6) is 0 Å². The van der Waals surface area contributed by atoms with Crippen molar-refractivity contribution in [1.82, 2.24) is 10.6 Å². The number of hydrogen-bond acceptors (Lipinski definition) is 4. The van der Waals surface area contributed by atoms with Crippen LogP contribution in [0.1, 0.15) is 50.4 Å². The molecule has 0 bridgehead atoms. The number of rotatable bonds is 8. The van der Waals surface area contributed by atoms with Crippen molar-refractivity contribution in [2.45, 2.75) is 44.9 Å². The fraction of sp³-hybridized carbons (Fsp3) is 0.562. The van der Waals surface area contributed by atoms with E-state index in [0.29, 0.717) is 12.1 Å². The van der Waals surface area contributed by atoms with Gasteiger partial charge in [0.1, 0.15) is 0 Å². The van der Waals surface area contributed by atoms with Crippen LogP contribution in [-0.4, -0.2) is 34.0 Å². The lowest BCUT2D eigenvalue weighted by atomic mass is 10.2. The number of primary sulfonamides is 1. The Morgan fingerprint density at radius 3 is 1.83 bits per heavy atom. The summed E-state index contributed by atoms with van der Waals surface area (Å²) < 4.78 is 21.9. The van der Waals surface area contributed by atoms with Crippen molar-refractivity contribution in [2.75, 3.05) is 19.6 Å². The van der Waals surface area contributed by atoms with Crippen LogP contribution in [0.4, 0.5) is 0 Å². The molecule has 0 spiro atoms. The van der Waals surface area contributed by atoms with Crippen molar-refractivity contribution in [3.8, 4) is 0 Å². The van der Waals surface area contributed by atoms with Crippen LogP contribution in [0.15, 0.2) is 29.2 Å². The van der Waals surface area contributed by atoms with Gasteiger partial charge in [-0.25, -0.2) is 13.6 Å². The van der Waals surface area contributed by atoms with E-state index in [-0.39, 0.29) is 10.8 Å². The van der Waals surface area contributed by atoms with Gasteiger partial charge in [0.15, 0.2) is 0 Å². The minimum Gasteiger partial charge on any atom is -0.352 e. The van der Waals surface area contributed by atoms with Gasteiger partial charge in [-0.05, 0) is 56.6 Å². The quantitative estimate of drug-likeness (QED) is 0.627. The normalized spacial score (nSPS) is 10.6. The maximum Gasteiger partial charge on any atom is 0.251 e. The molecule has 1 amide bonds. The van der Waals surface area contributed by atoms with Crippen LogP contribution in [0.2, 0.25) is 0 Å². The molecule has 1 aromatic carbocycles. The minimum absolute atomic E-state index is 0.000425. The Hall–Kier alpha value is -1.44. The first-order chi connectivity index (χ1) is 10.9. The van der Waals surface area contributed by atoms with E-state index in [1.165, 1.54) is 50.2 Å². The Labute approximate surface area is 139 Å². The molecule has 6 nitrogen and oxygen atoms in total. The van der Waals surface area contributed by atoms with Gasteiger partial charge < -0.3 is 10.6 Å². The molecule has 23 heavy (non-hydrogen) atoms. The van der Waals surface area contributed by atoms with Gasteiger partial charge in [0, 0.05) is 12.1 Å². The number of nitrogens with one attached hydrogen (secondary N) is 2. The first-order valence-electron chi connectivity index (χ1n) is 7.98. The van der Waals surface area contributed by atoms with Gasteiger partial charge >= 0.3 is 0 Å². The van der Waals surface area contributed by atoms with E-state index in [2.05, 4.69) is 24.5 Å². The highest BCUT2D eigenvalue weighted by molar-refractivity contribution is 7.89. The first kappa shape index (κ1) is 21.6. The second kappa shape index (κ2) is 12.0. The monoisotopic (exact) mass is 343 g/mol. The molecular formula is C16H29N3O3S. The summed E-state index contributed by atoms with van der Waals surface area (Å²) >= 11 is 0. The van der Waals surface area contributed by atoms with Gasteiger partial charge in [-0.3, -0.25) is 4.79 Å². The molecule has 0 saturated carbocycles. The molecule has 132 valence electrons. The Bertz CT molecular complexity index is 538. The van der Waals surface area contributed by atoms with Gasteiger partial charge in [0.25, 0.3) is 5.91 Å². The number of amides is 1. The smallest absolute Gasteiger partial charge is 0.251 e. The predicted molar refractivity (Wildman–Crippen MR) is 93.9 cm³/mol. The summed E-state index contributed by atoms with van der Waals surface area (Å²) in [5.74, 6) is -0.220. The molecule has 0 radical (unpaired) electrons. The summed E-state index contributed by atoms with van der Waals surface area (Å²) in [7, 11) is -3.69. The van der Waals surface area contributed by atoms with E-state index in [1.807, 2.05) is 6.92 Å². The molecular weight excluding hydrogens is 314 g/mol. The second-order valence-corrected chi connectivity index (χ2v) is 6.64. The van der Waals surface area contributed by atoms with Crippen LogP contribution in [0, 0.1) is 0 Å². The Morgan fingerprint density at radius 2 is 1.43 bits per heavy atom. The number of carbonyl (C=O) groups excluding carboxylic acids is 1. The fourth-order valence-corrected chi connectivity index (χ4v) is 2.13. The molecule has 0 aliphatic rings. The summed E-state index contributed by atoms with van der Waals surface area (Å²) in [4.78, 5) is 11.5. The molecule has 7 heteroatoms. The average Bonchev–Trinajstić information content (AvgIpc) is 2.53. The first-order valence-corrected chi connectivity index (χ1v) is 9.53. The highest BCUT2D eigenvalue weighted by Crippen LogP contribution is 2.08. The topological polar surface area (TPSA) is 101 Å². The Morgan fingerprint density at radius 1 is 0.957 bits per heavy atom. The zero-order valence-corrected chi connectivity index (χ0v) is 15.1. The molecule has 0 aliphatic heterocycles. The molecule has 4 N–H and O–H groups in total. The minimum atomic E-state index is -3.69. The van der Waals surface area contributed by atoms with Crippen LogP contribution < -0.4 is 15.8 Å². The zero-order valence-electron chi connectivity index (χ0n) is 14.3. The van der Waals surface area contributed by atoms with E-state index in [4.69, 9.17) is 5.14 Å². The third kappa shape index (κ3) is 10.0. The van der Waals surface area contributed by atoms with Gasteiger partial charge in [0.2, 0.25) is 10.0 Å². The van der Waals surface area contributed by atoms with Crippen molar-refractivity contribution in [3.63, 3.8) is 0 Å². The lowest BCUT2D eigenvalue weighted by Gasteiger charge is -2.04. The Kier molecular flexibility index (Phi) is 11.3. The molecule has 0 heterocycles. The fourth-order valence-electron chi connectivity index (χ4n) is 1.62. The number of sulfonamides is 1. The maximum absolute atomic E-state index is 11.5. The summed E-state index contributed by atoms with van der Waals surface area (Å²) in [5.41, 5.74) is 0.417. The van der Waals surface area contributed by atoms with Crippen molar-refractivity contribution >= 4 is 15.9 Å². The predicted octanol–water partition coefficient (Wildman–Crippen LogP) is 1.87. The standard InChI is InChI=1S/C10H14N2O3S.C6H15N/c1-2-7-12-10(13)8-3-5-9(6-4-8)16(11,14)15;1-3-5-7-6-4-2/h3-6H,2,7H2,1H3,(H,12,13)(H2,11,14,15);7H,3-6H2,1-2H3. The van der Waals surface area contributed by atoms with Crippen LogP contribution in [-0.2, 0) is 10.0 Å². The molecule has 0 fully saturated rings. The zero-order chi connectivity index (χ0) is 17.7. The van der Waals surface area contributed by atoms with Crippen LogP contribution in [0.25, 0.3) is 0 Å². The van der Waals surface area contributed by atoms with Crippen molar-refractivity contribution in [1.29, 1.82) is 0 Å². The molecule has 0 aliphatic carbocycles. The SMILES string of the molecule is CCCNC(=O)c1ccc(S(N)(=O)=O)cc1.CCCNCCC. The van der Waals surface area contributed by atoms with Crippen molar-refractivity contribution in [3.05, 3.63) is 29.8 Å². The van der Waals surface area contributed by atoms with E-state index < -0.39 is 10.0 Å². The molecule has 0 saturated heterocycles. The maximum atomic E-state index is 11.5. The highest BCUT2D eigenvalue weighted by atomic mass is 32.2. The molecule has 1 rings (SSSR count). The van der Waals surface area contributed by atoms with Gasteiger partial charge in [-0.2, -0.15) is 0 Å². The summed E-state index contributed by atoms with van der Waals surface area (Å²) in [5, 5.41) is 10.9. The Balaban J connectivity index is 0.000000585. The molecule has 0 aromatic heterocycles.